The number of H-pyrrole nitrogens is 1. The van der Waals surface area contributed by atoms with E-state index in [-0.39, 0.29) is 22.5 Å². The lowest BCUT2D eigenvalue weighted by Gasteiger charge is -2.12. The average molecular weight is 455 g/mol. The van der Waals surface area contributed by atoms with Crippen LogP contribution < -0.4 is 10.3 Å². The number of thioether (sulfide) groups is 1. The van der Waals surface area contributed by atoms with Gasteiger partial charge in [-0.1, -0.05) is 6.07 Å². The van der Waals surface area contributed by atoms with Crippen molar-refractivity contribution in [1.82, 2.24) is 9.97 Å². The zero-order valence-electron chi connectivity index (χ0n) is 16.7. The first-order valence-corrected chi connectivity index (χ1v) is 11.4. The predicted molar refractivity (Wildman–Crippen MR) is 115 cm³/mol. The molecule has 9 nitrogen and oxygen atoms in total. The van der Waals surface area contributed by atoms with Gasteiger partial charge < -0.3 is 15.3 Å². The van der Waals surface area contributed by atoms with Crippen LogP contribution in [0.4, 0.5) is 11.6 Å². The summed E-state index contributed by atoms with van der Waals surface area (Å²) in [4.78, 5) is 22.9. The number of amides is 1. The fraction of sp³-hybridized carbons (Fsp3) is 0.150. The summed E-state index contributed by atoms with van der Waals surface area (Å²) in [5.74, 6) is -0.370. The van der Waals surface area contributed by atoms with E-state index in [9.17, 15) is 18.5 Å². The van der Waals surface area contributed by atoms with E-state index in [1.807, 2.05) is 19.9 Å². The van der Waals surface area contributed by atoms with Crippen molar-refractivity contribution >= 4 is 39.3 Å². The molecule has 3 aromatic rings. The molecule has 0 fully saturated rings. The van der Waals surface area contributed by atoms with Crippen LogP contribution in [0.2, 0.25) is 0 Å². The van der Waals surface area contributed by atoms with E-state index in [0.717, 1.165) is 11.3 Å². The zero-order chi connectivity index (χ0) is 22.4. The van der Waals surface area contributed by atoms with Crippen molar-refractivity contribution in [2.24, 2.45) is 0 Å². The maximum Gasteiger partial charge on any atom is 0.257 e. The highest BCUT2D eigenvalue weighted by atomic mass is 32.2. The molecule has 0 spiro atoms. The van der Waals surface area contributed by atoms with E-state index in [4.69, 9.17) is 0 Å². The summed E-state index contributed by atoms with van der Waals surface area (Å²) in [6.45, 7) is 3.72. The molecule has 2 N–H and O–H groups in total. The molecule has 0 aliphatic rings. The van der Waals surface area contributed by atoms with E-state index < -0.39 is 10.0 Å². The third kappa shape index (κ3) is 5.78. The van der Waals surface area contributed by atoms with E-state index in [1.54, 1.807) is 6.07 Å². The molecule has 0 radical (unpaired) electrons. The zero-order valence-corrected chi connectivity index (χ0v) is 18.3. The molecule has 0 saturated heterocycles. The molecule has 2 heterocycles. The molecule has 0 atom stereocenters. The maximum atomic E-state index is 12.3. The number of nitrogens with one attached hydrogen (secondary N) is 2. The van der Waals surface area contributed by atoms with Crippen molar-refractivity contribution in [2.75, 3.05) is 11.1 Å². The van der Waals surface area contributed by atoms with Gasteiger partial charge in [0.1, 0.15) is 11.6 Å². The largest absolute Gasteiger partial charge is 0.366 e. The van der Waals surface area contributed by atoms with E-state index in [1.165, 1.54) is 48.4 Å². The molecule has 2 aromatic heterocycles. The lowest BCUT2D eigenvalue weighted by Crippen LogP contribution is -2.18. The van der Waals surface area contributed by atoms with Crippen molar-refractivity contribution in [2.45, 2.75) is 23.8 Å². The number of carbonyl (C=O) groups is 1. The lowest BCUT2D eigenvalue weighted by molar-refractivity contribution is -0.435. The van der Waals surface area contributed by atoms with Crippen molar-refractivity contribution in [3.05, 3.63) is 70.3 Å². The van der Waals surface area contributed by atoms with Crippen LogP contribution in [0, 0.1) is 25.2 Å². The van der Waals surface area contributed by atoms with Gasteiger partial charge in [-0.3, -0.25) is 9.52 Å². The Morgan fingerprint density at radius 3 is 2.55 bits per heavy atom. The van der Waals surface area contributed by atoms with Crippen LogP contribution in [-0.2, 0) is 14.8 Å². The van der Waals surface area contributed by atoms with Gasteiger partial charge in [-0.2, -0.15) is 5.26 Å². The Morgan fingerprint density at radius 1 is 1.23 bits per heavy atom. The van der Waals surface area contributed by atoms with E-state index in [2.05, 4.69) is 31.1 Å². The van der Waals surface area contributed by atoms with Gasteiger partial charge in [0, 0.05) is 24.6 Å². The standard InChI is InChI=1S/C20H18N6O3S2/c1-13-10-14(2)24-19(17(13)11-21)30-12-18(27)25-15-4-6-16(7-5-15)31(28,29)26-20-22-8-3-9-23-20/h3-10H,12H2,1-2H3,(H2,22,23,25,26,27). The van der Waals surface area contributed by atoms with Crippen LogP contribution in [0.1, 0.15) is 16.8 Å². The number of anilines is 1. The van der Waals surface area contributed by atoms with Gasteiger partial charge >= 0.3 is 0 Å². The number of nitriles is 1. The minimum absolute atomic E-state index is 0.0455. The van der Waals surface area contributed by atoms with Crippen molar-refractivity contribution in [1.29, 1.82) is 5.26 Å². The minimum atomic E-state index is -3.97. The first-order valence-electron chi connectivity index (χ1n) is 9.00. The summed E-state index contributed by atoms with van der Waals surface area (Å²) in [5, 5.41) is 12.7. The summed E-state index contributed by atoms with van der Waals surface area (Å²) >= 11 is 1.22. The summed E-state index contributed by atoms with van der Waals surface area (Å²) in [6, 6.07) is 11.2. The quantitative estimate of drug-likeness (QED) is 0.541. The number of aromatic nitrogens is 3. The molecular formula is C20H18N6O3S2. The molecule has 11 heteroatoms. The van der Waals surface area contributed by atoms with Gasteiger partial charge in [-0.05, 0) is 60.9 Å². The number of nitrogens with zero attached hydrogens (tertiary/aromatic N) is 4. The van der Waals surface area contributed by atoms with Crippen LogP contribution in [0.3, 0.4) is 0 Å². The molecule has 0 aliphatic carbocycles. The second-order valence-corrected chi connectivity index (χ2v) is 9.02. The SMILES string of the molecule is Cc1cc(C)c(C#N)c(SCC(=O)Nc2ccc(S(=O)(=O)[N-]c3ncccn3)cc2)[nH+]1. The monoisotopic (exact) mass is 454 g/mol. The number of aryl methyl sites for hydroxylation is 2. The van der Waals surface area contributed by atoms with Crippen LogP contribution in [-0.4, -0.2) is 30.0 Å². The molecule has 0 unspecified atom stereocenters. The molecule has 1 aromatic carbocycles. The van der Waals surface area contributed by atoms with Gasteiger partial charge in [0.2, 0.25) is 15.9 Å². The smallest absolute Gasteiger partial charge is 0.257 e. The number of aromatic amines is 1. The first kappa shape index (κ1) is 22.2. The lowest BCUT2D eigenvalue weighted by atomic mass is 10.1. The van der Waals surface area contributed by atoms with Gasteiger partial charge in [-0.25, -0.2) is 13.4 Å². The summed E-state index contributed by atoms with van der Waals surface area (Å²) in [7, 11) is -3.97. The Bertz CT molecular complexity index is 1240. The number of sulfonamides is 1. The summed E-state index contributed by atoms with van der Waals surface area (Å²) in [6.07, 6.45) is 2.79. The van der Waals surface area contributed by atoms with Crippen LogP contribution in [0.25, 0.3) is 4.72 Å². The molecule has 31 heavy (non-hydrogen) atoms. The number of hydrogen-bond acceptors (Lipinski definition) is 7. The second-order valence-electron chi connectivity index (χ2n) is 6.43. The van der Waals surface area contributed by atoms with Gasteiger partial charge in [0.15, 0.2) is 5.69 Å². The Labute approximate surface area is 184 Å². The van der Waals surface area contributed by atoms with E-state index >= 15 is 0 Å². The van der Waals surface area contributed by atoms with Crippen molar-refractivity contribution in [3.8, 4) is 6.07 Å². The third-order valence-corrected chi connectivity index (χ3v) is 6.29. The highest BCUT2D eigenvalue weighted by Gasteiger charge is 2.17. The van der Waals surface area contributed by atoms with Gasteiger partial charge in [0.25, 0.3) is 5.03 Å². The number of carbonyl (C=O) groups excluding carboxylic acids is 1. The predicted octanol–water partition coefficient (Wildman–Crippen LogP) is 2.90. The molecule has 1 amide bonds. The number of rotatable bonds is 7. The third-order valence-electron chi connectivity index (χ3n) is 4.01. The van der Waals surface area contributed by atoms with Crippen LogP contribution in [0.5, 0.6) is 0 Å². The Morgan fingerprint density at radius 2 is 1.90 bits per heavy atom. The highest BCUT2D eigenvalue weighted by Crippen LogP contribution is 2.25. The van der Waals surface area contributed by atoms with Crippen LogP contribution >= 0.6 is 11.8 Å². The first-order chi connectivity index (χ1) is 14.8. The average Bonchev–Trinajstić information content (AvgIpc) is 2.73. The maximum absolute atomic E-state index is 12.3. The molecule has 0 bridgehead atoms. The van der Waals surface area contributed by atoms with Crippen molar-refractivity contribution < 1.29 is 18.2 Å². The Kier molecular flexibility index (Phi) is 6.84. The van der Waals surface area contributed by atoms with Crippen LogP contribution in [0.15, 0.2) is 58.7 Å². The second kappa shape index (κ2) is 9.55. The summed E-state index contributed by atoms with van der Waals surface area (Å²) < 4.78 is 28.3. The fourth-order valence-corrected chi connectivity index (χ4v) is 4.47. The fourth-order valence-electron chi connectivity index (χ4n) is 2.64. The van der Waals surface area contributed by atoms with Gasteiger partial charge in [-0.15, -0.1) is 0 Å². The molecular weight excluding hydrogens is 436 g/mol. The molecule has 158 valence electrons. The number of benzene rings is 1. The Hall–Kier alpha value is -3.49. The molecule has 0 saturated carbocycles. The molecule has 3 rings (SSSR count). The minimum Gasteiger partial charge on any atom is -0.366 e. The normalized spacial score (nSPS) is 10.9. The summed E-state index contributed by atoms with van der Waals surface area (Å²) in [5.41, 5.74) is 2.67. The van der Waals surface area contributed by atoms with Gasteiger partial charge in [0.05, 0.1) is 10.6 Å². The van der Waals surface area contributed by atoms with E-state index in [0.29, 0.717) is 16.3 Å². The molecule has 0 aliphatic heterocycles. The number of hydrogen-bond donors (Lipinski definition) is 1. The van der Waals surface area contributed by atoms with Crippen molar-refractivity contribution in [3.63, 3.8) is 0 Å². The number of pyridine rings is 1. The topological polar surface area (TPSA) is 141 Å². The Balaban J connectivity index is 1.62. The highest BCUT2D eigenvalue weighted by molar-refractivity contribution is 7.99.